The number of alkyl carbamates (subject to hydrolysis) is 1. The van der Waals surface area contributed by atoms with Crippen LogP contribution in [0.4, 0.5) is 23.7 Å². The van der Waals surface area contributed by atoms with Gasteiger partial charge in [-0.15, -0.1) is 0 Å². The Morgan fingerprint density at radius 3 is 2.43 bits per heavy atom. The average Bonchev–Trinajstić information content (AvgIpc) is 2.36. The summed E-state index contributed by atoms with van der Waals surface area (Å²) in [6, 6.07) is 3.94. The van der Waals surface area contributed by atoms with Crippen LogP contribution in [0, 0.1) is 0 Å². The Balaban J connectivity index is 2.44. The third-order valence-corrected chi connectivity index (χ3v) is 3.12. The predicted molar refractivity (Wildman–Crippen MR) is 86.5 cm³/mol. The lowest BCUT2D eigenvalue weighted by Gasteiger charge is -2.19. The van der Waals surface area contributed by atoms with Crippen molar-refractivity contribution in [3.05, 3.63) is 28.2 Å². The first-order chi connectivity index (χ1) is 10.5. The minimum atomic E-state index is -4.43. The number of carbonyl (C=O) groups excluding carboxylic acids is 1. The number of anilines is 1. The van der Waals surface area contributed by atoms with Crippen molar-refractivity contribution in [2.75, 3.05) is 18.4 Å². The summed E-state index contributed by atoms with van der Waals surface area (Å²) in [7, 11) is 0. The first-order valence-corrected chi connectivity index (χ1v) is 7.86. The summed E-state index contributed by atoms with van der Waals surface area (Å²) in [5.74, 6) is 0. The molecule has 1 rings (SSSR count). The SMILES string of the molecule is CC(C)(C)OC(=O)NCCCNc1ccc(Br)cc1C(F)(F)F. The Kier molecular flexibility index (Phi) is 6.73. The highest BCUT2D eigenvalue weighted by atomic mass is 79.9. The van der Waals surface area contributed by atoms with Gasteiger partial charge in [-0.3, -0.25) is 0 Å². The zero-order chi connectivity index (χ0) is 17.7. The molecule has 1 aromatic rings. The summed E-state index contributed by atoms with van der Waals surface area (Å²) in [6.07, 6.45) is -4.51. The van der Waals surface area contributed by atoms with Gasteiger partial charge in [0.2, 0.25) is 0 Å². The third-order valence-electron chi connectivity index (χ3n) is 2.62. The van der Waals surface area contributed by atoms with E-state index in [0.29, 0.717) is 24.0 Å². The lowest BCUT2D eigenvalue weighted by molar-refractivity contribution is -0.137. The summed E-state index contributed by atoms with van der Waals surface area (Å²) in [5.41, 5.74) is -1.30. The van der Waals surface area contributed by atoms with E-state index in [-0.39, 0.29) is 5.69 Å². The van der Waals surface area contributed by atoms with E-state index >= 15 is 0 Å². The van der Waals surface area contributed by atoms with Crippen LogP contribution in [0.2, 0.25) is 0 Å². The van der Waals surface area contributed by atoms with Crippen molar-refractivity contribution in [1.29, 1.82) is 0 Å². The Morgan fingerprint density at radius 2 is 1.87 bits per heavy atom. The maximum atomic E-state index is 12.9. The number of hydrogen-bond donors (Lipinski definition) is 2. The molecule has 0 unspecified atom stereocenters. The minimum absolute atomic E-state index is 0.0120. The van der Waals surface area contributed by atoms with Gasteiger partial charge in [0.05, 0.1) is 5.56 Å². The van der Waals surface area contributed by atoms with Gasteiger partial charge < -0.3 is 15.4 Å². The second-order valence-electron chi connectivity index (χ2n) is 5.90. The molecule has 0 atom stereocenters. The van der Waals surface area contributed by atoms with E-state index in [4.69, 9.17) is 4.74 Å². The Labute approximate surface area is 141 Å². The van der Waals surface area contributed by atoms with Crippen LogP contribution in [0.5, 0.6) is 0 Å². The predicted octanol–water partition coefficient (Wildman–Crippen LogP) is 4.79. The van der Waals surface area contributed by atoms with Gasteiger partial charge in [-0.2, -0.15) is 13.2 Å². The third kappa shape index (κ3) is 7.58. The molecule has 0 radical (unpaired) electrons. The molecular formula is C15H20BrF3N2O2. The van der Waals surface area contributed by atoms with Crippen molar-refractivity contribution in [3.63, 3.8) is 0 Å². The summed E-state index contributed by atoms with van der Waals surface area (Å²) in [6.45, 7) is 5.85. The van der Waals surface area contributed by atoms with Crippen molar-refractivity contribution in [1.82, 2.24) is 5.32 Å². The fourth-order valence-corrected chi connectivity index (χ4v) is 2.08. The van der Waals surface area contributed by atoms with Gasteiger partial charge in [0.25, 0.3) is 0 Å². The van der Waals surface area contributed by atoms with Crippen LogP contribution in [0.15, 0.2) is 22.7 Å². The molecule has 0 saturated carbocycles. The first-order valence-electron chi connectivity index (χ1n) is 7.06. The van der Waals surface area contributed by atoms with Gasteiger partial charge in [-0.05, 0) is 45.4 Å². The van der Waals surface area contributed by atoms with Crippen LogP contribution < -0.4 is 10.6 Å². The smallest absolute Gasteiger partial charge is 0.418 e. The highest BCUT2D eigenvalue weighted by molar-refractivity contribution is 9.10. The lowest BCUT2D eigenvalue weighted by Crippen LogP contribution is -2.33. The molecule has 0 fully saturated rings. The van der Waals surface area contributed by atoms with Crippen LogP contribution in [0.25, 0.3) is 0 Å². The zero-order valence-electron chi connectivity index (χ0n) is 13.2. The maximum absolute atomic E-state index is 12.9. The summed E-state index contributed by atoms with van der Waals surface area (Å²) in [4.78, 5) is 11.4. The van der Waals surface area contributed by atoms with Crippen LogP contribution in [-0.4, -0.2) is 24.8 Å². The van der Waals surface area contributed by atoms with Crippen molar-refractivity contribution in [2.45, 2.75) is 39.0 Å². The van der Waals surface area contributed by atoms with Crippen molar-refractivity contribution < 1.29 is 22.7 Å². The molecule has 0 aliphatic carbocycles. The van der Waals surface area contributed by atoms with Crippen LogP contribution in [0.1, 0.15) is 32.8 Å². The molecule has 0 aliphatic heterocycles. The fourth-order valence-electron chi connectivity index (χ4n) is 1.72. The Hall–Kier alpha value is -1.44. The molecule has 1 amide bonds. The first kappa shape index (κ1) is 19.6. The Bertz CT molecular complexity index is 543. The number of carbonyl (C=O) groups is 1. The van der Waals surface area contributed by atoms with Gasteiger partial charge in [-0.1, -0.05) is 15.9 Å². The number of benzene rings is 1. The number of amides is 1. The second-order valence-corrected chi connectivity index (χ2v) is 6.81. The molecule has 0 saturated heterocycles. The van der Waals surface area contributed by atoms with Crippen LogP contribution in [-0.2, 0) is 10.9 Å². The Morgan fingerprint density at radius 1 is 1.22 bits per heavy atom. The van der Waals surface area contributed by atoms with E-state index in [1.807, 2.05) is 0 Å². The van der Waals surface area contributed by atoms with Crippen LogP contribution >= 0.6 is 15.9 Å². The fraction of sp³-hybridized carbons (Fsp3) is 0.533. The van der Waals surface area contributed by atoms with Crippen molar-refractivity contribution in [3.8, 4) is 0 Å². The number of ether oxygens (including phenoxy) is 1. The average molecular weight is 397 g/mol. The van der Waals surface area contributed by atoms with Gasteiger partial charge >= 0.3 is 12.3 Å². The highest BCUT2D eigenvalue weighted by Gasteiger charge is 2.33. The lowest BCUT2D eigenvalue weighted by atomic mass is 10.1. The molecule has 0 bridgehead atoms. The second kappa shape index (κ2) is 7.90. The maximum Gasteiger partial charge on any atom is 0.418 e. The van der Waals surface area contributed by atoms with E-state index in [1.165, 1.54) is 12.1 Å². The molecule has 4 nitrogen and oxygen atoms in total. The zero-order valence-corrected chi connectivity index (χ0v) is 14.8. The number of rotatable bonds is 5. The number of alkyl halides is 3. The molecular weight excluding hydrogens is 377 g/mol. The van der Waals surface area contributed by atoms with Gasteiger partial charge in [0.15, 0.2) is 0 Å². The topological polar surface area (TPSA) is 50.4 Å². The molecule has 1 aromatic carbocycles. The number of hydrogen-bond acceptors (Lipinski definition) is 3. The van der Waals surface area contributed by atoms with E-state index in [2.05, 4.69) is 26.6 Å². The quantitative estimate of drug-likeness (QED) is 0.703. The molecule has 0 heterocycles. The largest absolute Gasteiger partial charge is 0.444 e. The normalized spacial score (nSPS) is 12.0. The highest BCUT2D eigenvalue weighted by Crippen LogP contribution is 2.36. The van der Waals surface area contributed by atoms with E-state index < -0.39 is 23.4 Å². The molecule has 0 aliphatic rings. The molecule has 0 spiro atoms. The van der Waals surface area contributed by atoms with E-state index in [0.717, 1.165) is 6.07 Å². The van der Waals surface area contributed by atoms with Gasteiger partial charge in [-0.25, -0.2) is 4.79 Å². The minimum Gasteiger partial charge on any atom is -0.444 e. The van der Waals surface area contributed by atoms with Gasteiger partial charge in [0.1, 0.15) is 5.60 Å². The number of halogens is 4. The monoisotopic (exact) mass is 396 g/mol. The summed E-state index contributed by atoms with van der Waals surface area (Å²) >= 11 is 3.03. The molecule has 8 heteroatoms. The summed E-state index contributed by atoms with van der Waals surface area (Å²) in [5, 5.41) is 5.28. The van der Waals surface area contributed by atoms with E-state index in [1.54, 1.807) is 20.8 Å². The van der Waals surface area contributed by atoms with Crippen LogP contribution in [0.3, 0.4) is 0 Å². The van der Waals surface area contributed by atoms with Gasteiger partial charge in [0, 0.05) is 23.2 Å². The standard InChI is InChI=1S/C15H20BrF3N2O2/c1-14(2,3)23-13(22)21-8-4-7-20-12-6-5-10(16)9-11(12)15(17,18)19/h5-6,9,20H,4,7-8H2,1-3H3,(H,21,22). The molecule has 23 heavy (non-hydrogen) atoms. The van der Waals surface area contributed by atoms with E-state index in [9.17, 15) is 18.0 Å². The van der Waals surface area contributed by atoms with Crippen molar-refractivity contribution >= 4 is 27.7 Å². The molecule has 0 aromatic heterocycles. The summed E-state index contributed by atoms with van der Waals surface area (Å²) < 4.78 is 44.2. The number of nitrogens with one attached hydrogen (secondary N) is 2. The van der Waals surface area contributed by atoms with Crippen molar-refractivity contribution in [2.24, 2.45) is 0 Å². The molecule has 2 N–H and O–H groups in total. The molecule has 130 valence electrons.